The van der Waals surface area contributed by atoms with E-state index >= 15 is 0 Å². The Hall–Kier alpha value is -1.10. The molecule has 0 aliphatic heterocycles. The monoisotopic (exact) mass is 274 g/mol. The molecule has 5 nitrogen and oxygen atoms in total. The third kappa shape index (κ3) is 10.5. The van der Waals surface area contributed by atoms with E-state index in [1.165, 1.54) is 0 Å². The molecule has 0 N–H and O–H groups in total. The van der Waals surface area contributed by atoms with Crippen LogP contribution >= 0.6 is 0 Å². The molecule has 0 radical (unpaired) electrons. The van der Waals surface area contributed by atoms with Crippen molar-refractivity contribution in [2.45, 2.75) is 45.6 Å². The Labute approximate surface area is 116 Å². The first-order valence-electron chi connectivity index (χ1n) is 6.94. The van der Waals surface area contributed by atoms with Crippen LogP contribution in [-0.2, 0) is 19.1 Å². The Bertz CT molecular complexity index is 284. The molecule has 0 spiro atoms. The molecule has 5 heteroatoms. The predicted molar refractivity (Wildman–Crippen MR) is 73.6 cm³/mol. The van der Waals surface area contributed by atoms with Crippen molar-refractivity contribution in [2.24, 2.45) is 0 Å². The smallest absolute Gasteiger partial charge is 0.309 e. The van der Waals surface area contributed by atoms with Gasteiger partial charge in [-0.2, -0.15) is 0 Å². The van der Waals surface area contributed by atoms with Crippen molar-refractivity contribution in [3.63, 3.8) is 0 Å². The molecule has 0 saturated heterocycles. The summed E-state index contributed by atoms with van der Waals surface area (Å²) in [6, 6.07) is 0. The minimum atomic E-state index is -0.415. The fourth-order valence-corrected chi connectivity index (χ4v) is 1.60. The summed E-state index contributed by atoms with van der Waals surface area (Å²) in [5.41, 5.74) is 0. The summed E-state index contributed by atoms with van der Waals surface area (Å²) < 4.78 is 11.0. The van der Waals surface area contributed by atoms with Gasteiger partial charge in [-0.25, -0.2) is 0 Å². The Kier molecular flexibility index (Phi) is 8.39. The third-order valence-electron chi connectivity index (χ3n) is 2.49. The number of quaternary nitrogens is 1. The molecule has 0 amide bonds. The second-order valence-electron chi connectivity index (χ2n) is 5.72. The number of rotatable bonds is 9. The first-order chi connectivity index (χ1) is 8.78. The van der Waals surface area contributed by atoms with Gasteiger partial charge in [-0.1, -0.05) is 20.3 Å². The predicted octanol–water partition coefficient (Wildman–Crippen LogP) is 1.75. The van der Waals surface area contributed by atoms with E-state index in [0.717, 1.165) is 12.8 Å². The molecule has 0 saturated carbocycles. The van der Waals surface area contributed by atoms with Crippen molar-refractivity contribution in [1.29, 1.82) is 0 Å². The fraction of sp³-hybridized carbons (Fsp3) is 0.857. The summed E-state index contributed by atoms with van der Waals surface area (Å²) in [5, 5.41) is 0. The van der Waals surface area contributed by atoms with Crippen molar-refractivity contribution >= 4 is 11.9 Å². The summed E-state index contributed by atoms with van der Waals surface area (Å²) in [7, 11) is 5.99. The first-order valence-corrected chi connectivity index (χ1v) is 6.94. The summed E-state index contributed by atoms with van der Waals surface area (Å²) in [5.74, 6) is -0.574. The van der Waals surface area contributed by atoms with Crippen LogP contribution in [0.3, 0.4) is 0 Å². The number of likely N-dealkylation sites (N-methyl/N-ethyl adjacent to an activating group) is 1. The Balaban J connectivity index is 4.32. The summed E-state index contributed by atoms with van der Waals surface area (Å²) in [6.45, 7) is 4.81. The summed E-state index contributed by atoms with van der Waals surface area (Å²) in [6.07, 6.45) is 1.88. The van der Waals surface area contributed by atoms with E-state index in [1.807, 2.05) is 28.1 Å². The Morgan fingerprint density at radius 2 is 1.74 bits per heavy atom. The molecule has 0 aliphatic carbocycles. The van der Waals surface area contributed by atoms with Crippen LogP contribution in [0.25, 0.3) is 0 Å². The van der Waals surface area contributed by atoms with Crippen LogP contribution in [0.1, 0.15) is 39.5 Å². The third-order valence-corrected chi connectivity index (χ3v) is 2.49. The van der Waals surface area contributed by atoms with Crippen LogP contribution in [-0.4, -0.2) is 56.8 Å². The molecule has 1 atom stereocenters. The van der Waals surface area contributed by atoms with Gasteiger partial charge < -0.3 is 14.0 Å². The van der Waals surface area contributed by atoms with E-state index in [1.54, 1.807) is 6.92 Å². The molecule has 0 aromatic heterocycles. The Morgan fingerprint density at radius 3 is 2.21 bits per heavy atom. The maximum atomic E-state index is 11.7. The van der Waals surface area contributed by atoms with Crippen molar-refractivity contribution in [1.82, 2.24) is 0 Å². The average molecular weight is 274 g/mol. The van der Waals surface area contributed by atoms with Gasteiger partial charge in [0, 0.05) is 6.42 Å². The lowest BCUT2D eigenvalue weighted by atomic mass is 10.2. The van der Waals surface area contributed by atoms with Gasteiger partial charge in [0.05, 0.1) is 34.2 Å². The standard InChI is InChI=1S/C14H28NO4/c1-6-8-9-18-14(17)10-12(11-15(3,4)5)19-13(16)7-2/h12H,6-11H2,1-5H3/q+1. The van der Waals surface area contributed by atoms with Gasteiger partial charge in [0.15, 0.2) is 6.10 Å². The highest BCUT2D eigenvalue weighted by molar-refractivity contribution is 5.72. The van der Waals surface area contributed by atoms with Crippen LogP contribution < -0.4 is 0 Å². The minimum absolute atomic E-state index is 0.130. The zero-order valence-electron chi connectivity index (χ0n) is 12.9. The van der Waals surface area contributed by atoms with Gasteiger partial charge in [0.25, 0.3) is 0 Å². The lowest BCUT2D eigenvalue weighted by molar-refractivity contribution is -0.873. The number of esters is 2. The van der Waals surface area contributed by atoms with Crippen molar-refractivity contribution < 1.29 is 23.5 Å². The maximum absolute atomic E-state index is 11.7. The van der Waals surface area contributed by atoms with Crippen LogP contribution in [0, 0.1) is 0 Å². The van der Waals surface area contributed by atoms with E-state index in [-0.39, 0.29) is 18.4 Å². The van der Waals surface area contributed by atoms with Crippen molar-refractivity contribution in [3.8, 4) is 0 Å². The van der Waals surface area contributed by atoms with Gasteiger partial charge in [-0.3, -0.25) is 9.59 Å². The van der Waals surface area contributed by atoms with Crippen LogP contribution in [0.5, 0.6) is 0 Å². The topological polar surface area (TPSA) is 52.6 Å². The molecule has 0 bridgehead atoms. The van der Waals surface area contributed by atoms with Crippen LogP contribution in [0.4, 0.5) is 0 Å². The number of ether oxygens (including phenoxy) is 2. The minimum Gasteiger partial charge on any atom is -0.466 e. The highest BCUT2D eigenvalue weighted by atomic mass is 16.6. The average Bonchev–Trinajstić information content (AvgIpc) is 2.26. The van der Waals surface area contributed by atoms with Gasteiger partial charge in [0.1, 0.15) is 6.54 Å². The summed E-state index contributed by atoms with van der Waals surface area (Å²) in [4.78, 5) is 23.0. The number of hydrogen-bond donors (Lipinski definition) is 0. The molecule has 0 aliphatic rings. The first kappa shape index (κ1) is 17.9. The normalized spacial score (nSPS) is 12.9. The van der Waals surface area contributed by atoms with E-state index in [9.17, 15) is 9.59 Å². The zero-order valence-corrected chi connectivity index (χ0v) is 12.9. The number of unbranched alkanes of at least 4 members (excludes halogenated alkanes) is 1. The second kappa shape index (κ2) is 8.91. The molecule has 0 heterocycles. The zero-order chi connectivity index (χ0) is 14.9. The van der Waals surface area contributed by atoms with Crippen molar-refractivity contribution in [2.75, 3.05) is 34.3 Å². The second-order valence-corrected chi connectivity index (χ2v) is 5.72. The Morgan fingerprint density at radius 1 is 1.11 bits per heavy atom. The molecular weight excluding hydrogens is 246 g/mol. The van der Waals surface area contributed by atoms with Crippen molar-refractivity contribution in [3.05, 3.63) is 0 Å². The lowest BCUT2D eigenvalue weighted by Gasteiger charge is -2.28. The molecule has 0 rings (SSSR count). The van der Waals surface area contributed by atoms with E-state index in [0.29, 0.717) is 24.1 Å². The van der Waals surface area contributed by atoms with E-state index in [2.05, 4.69) is 0 Å². The van der Waals surface area contributed by atoms with Gasteiger partial charge in [-0.15, -0.1) is 0 Å². The number of carbonyl (C=O) groups is 2. The SMILES string of the molecule is CCCCOC(=O)CC(C[N+](C)(C)C)OC(=O)CC. The quantitative estimate of drug-likeness (QED) is 0.365. The number of nitrogens with zero attached hydrogens (tertiary/aromatic N) is 1. The highest BCUT2D eigenvalue weighted by Gasteiger charge is 2.25. The number of carbonyl (C=O) groups excluding carboxylic acids is 2. The lowest BCUT2D eigenvalue weighted by Crippen LogP contribution is -2.44. The van der Waals surface area contributed by atoms with Gasteiger partial charge in [-0.05, 0) is 6.42 Å². The molecule has 1 unspecified atom stereocenters. The molecule has 0 aromatic rings. The molecule has 112 valence electrons. The fourth-order valence-electron chi connectivity index (χ4n) is 1.60. The molecule has 0 aromatic carbocycles. The van der Waals surface area contributed by atoms with Crippen LogP contribution in [0.2, 0.25) is 0 Å². The van der Waals surface area contributed by atoms with E-state index < -0.39 is 6.10 Å². The number of hydrogen-bond acceptors (Lipinski definition) is 4. The molecular formula is C14H28NO4+. The van der Waals surface area contributed by atoms with Gasteiger partial charge in [0.2, 0.25) is 0 Å². The molecule has 0 fully saturated rings. The van der Waals surface area contributed by atoms with Crippen LogP contribution in [0.15, 0.2) is 0 Å². The highest BCUT2D eigenvalue weighted by Crippen LogP contribution is 2.08. The largest absolute Gasteiger partial charge is 0.466 e. The van der Waals surface area contributed by atoms with E-state index in [4.69, 9.17) is 9.47 Å². The maximum Gasteiger partial charge on any atom is 0.309 e. The molecule has 19 heavy (non-hydrogen) atoms. The summed E-state index contributed by atoms with van der Waals surface area (Å²) >= 11 is 0. The van der Waals surface area contributed by atoms with Gasteiger partial charge >= 0.3 is 11.9 Å².